The van der Waals surface area contributed by atoms with Crippen molar-refractivity contribution in [2.24, 2.45) is 10.9 Å². The standard InChI is InChI=1S/C9H6Cl2N4O2/c10-3-1-4(11)6-5(2-3)13-8(7(12)15-17)14-9(6)16/h1-2,17H,(H2,12,15)(H,13,14,16). The lowest BCUT2D eigenvalue weighted by molar-refractivity contribution is 0.318. The van der Waals surface area contributed by atoms with Gasteiger partial charge in [-0.05, 0) is 12.1 Å². The van der Waals surface area contributed by atoms with E-state index >= 15 is 0 Å². The van der Waals surface area contributed by atoms with Gasteiger partial charge in [-0.2, -0.15) is 0 Å². The van der Waals surface area contributed by atoms with E-state index in [4.69, 9.17) is 34.1 Å². The zero-order chi connectivity index (χ0) is 12.6. The van der Waals surface area contributed by atoms with Gasteiger partial charge in [0.2, 0.25) is 5.84 Å². The molecule has 17 heavy (non-hydrogen) atoms. The predicted molar refractivity (Wildman–Crippen MR) is 64.9 cm³/mol. The van der Waals surface area contributed by atoms with Crippen LogP contribution < -0.4 is 11.3 Å². The number of hydrogen-bond acceptors (Lipinski definition) is 4. The number of aromatic amines is 1. The number of rotatable bonds is 1. The average molecular weight is 273 g/mol. The molecule has 1 aromatic carbocycles. The van der Waals surface area contributed by atoms with E-state index in [1.165, 1.54) is 12.1 Å². The van der Waals surface area contributed by atoms with E-state index in [9.17, 15) is 4.79 Å². The van der Waals surface area contributed by atoms with Crippen molar-refractivity contribution in [3.8, 4) is 0 Å². The van der Waals surface area contributed by atoms with Crippen molar-refractivity contribution in [3.63, 3.8) is 0 Å². The molecule has 0 atom stereocenters. The van der Waals surface area contributed by atoms with Crippen molar-refractivity contribution < 1.29 is 5.21 Å². The van der Waals surface area contributed by atoms with E-state index in [1.54, 1.807) is 0 Å². The molecule has 1 aromatic heterocycles. The highest BCUT2D eigenvalue weighted by atomic mass is 35.5. The molecule has 0 saturated heterocycles. The van der Waals surface area contributed by atoms with Gasteiger partial charge in [0.05, 0.1) is 15.9 Å². The van der Waals surface area contributed by atoms with E-state index < -0.39 is 5.56 Å². The lowest BCUT2D eigenvalue weighted by atomic mass is 10.2. The average Bonchev–Trinajstić information content (AvgIpc) is 2.26. The topological polar surface area (TPSA) is 104 Å². The number of H-pyrrole nitrogens is 1. The molecule has 6 nitrogen and oxygen atoms in total. The molecule has 0 unspecified atom stereocenters. The van der Waals surface area contributed by atoms with Crippen LogP contribution in [0.3, 0.4) is 0 Å². The molecule has 0 spiro atoms. The smallest absolute Gasteiger partial charge is 0.260 e. The number of oxime groups is 1. The molecule has 1 heterocycles. The van der Waals surface area contributed by atoms with Crippen LogP contribution in [0.4, 0.5) is 0 Å². The van der Waals surface area contributed by atoms with E-state index in [1.807, 2.05) is 0 Å². The molecular formula is C9H6Cl2N4O2. The minimum Gasteiger partial charge on any atom is -0.409 e. The number of aromatic nitrogens is 2. The van der Waals surface area contributed by atoms with Crippen LogP contribution >= 0.6 is 23.2 Å². The summed E-state index contributed by atoms with van der Waals surface area (Å²) in [6.45, 7) is 0. The highest BCUT2D eigenvalue weighted by Gasteiger charge is 2.11. The van der Waals surface area contributed by atoms with E-state index in [2.05, 4.69) is 15.1 Å². The Morgan fingerprint density at radius 3 is 2.82 bits per heavy atom. The Morgan fingerprint density at radius 1 is 1.47 bits per heavy atom. The fourth-order valence-electron chi connectivity index (χ4n) is 1.36. The minimum absolute atomic E-state index is 0.0525. The molecule has 2 aromatic rings. The SMILES string of the molecule is N/C(=N\O)c1nc2cc(Cl)cc(Cl)c2c(=O)[nH]1. The summed E-state index contributed by atoms with van der Waals surface area (Å²) >= 11 is 11.7. The van der Waals surface area contributed by atoms with Crippen LogP contribution in [0.2, 0.25) is 10.0 Å². The highest BCUT2D eigenvalue weighted by molar-refractivity contribution is 6.38. The second-order valence-electron chi connectivity index (χ2n) is 3.18. The number of fused-ring (bicyclic) bond motifs is 1. The third kappa shape index (κ3) is 2.04. The summed E-state index contributed by atoms with van der Waals surface area (Å²) in [7, 11) is 0. The van der Waals surface area contributed by atoms with E-state index in [0.717, 1.165) is 0 Å². The van der Waals surface area contributed by atoms with Crippen molar-refractivity contribution in [2.75, 3.05) is 0 Å². The molecule has 0 aliphatic rings. The Hall–Kier alpha value is -1.79. The zero-order valence-electron chi connectivity index (χ0n) is 8.24. The first kappa shape index (κ1) is 11.7. The van der Waals surface area contributed by atoms with E-state index in [0.29, 0.717) is 5.02 Å². The summed E-state index contributed by atoms with van der Waals surface area (Å²) in [6.07, 6.45) is 0. The minimum atomic E-state index is -0.488. The summed E-state index contributed by atoms with van der Waals surface area (Å²) in [4.78, 5) is 18.1. The molecule has 8 heteroatoms. The molecule has 88 valence electrons. The fraction of sp³-hybridized carbons (Fsp3) is 0. The third-order valence-electron chi connectivity index (χ3n) is 2.08. The molecule has 2 rings (SSSR count). The summed E-state index contributed by atoms with van der Waals surface area (Å²) in [5, 5.41) is 12.0. The molecule has 0 fully saturated rings. The van der Waals surface area contributed by atoms with E-state index in [-0.39, 0.29) is 27.6 Å². The maximum atomic E-state index is 11.7. The molecule has 4 N–H and O–H groups in total. The Bertz CT molecular complexity index is 680. The van der Waals surface area contributed by atoms with Gasteiger partial charge in [-0.3, -0.25) is 4.79 Å². The lowest BCUT2D eigenvalue weighted by Gasteiger charge is -2.03. The predicted octanol–water partition coefficient (Wildman–Crippen LogP) is 1.32. The van der Waals surface area contributed by atoms with Crippen molar-refractivity contribution in [1.82, 2.24) is 9.97 Å². The normalized spacial score (nSPS) is 12.0. The Labute approximate surface area is 105 Å². The van der Waals surface area contributed by atoms with Gasteiger partial charge in [0.1, 0.15) is 0 Å². The second kappa shape index (κ2) is 4.23. The number of nitrogens with two attached hydrogens (primary N) is 1. The Morgan fingerprint density at radius 2 is 2.18 bits per heavy atom. The van der Waals surface area contributed by atoms with Gasteiger partial charge in [0, 0.05) is 5.02 Å². The number of halogens is 2. The lowest BCUT2D eigenvalue weighted by Crippen LogP contribution is -2.22. The van der Waals surface area contributed by atoms with Crippen molar-refractivity contribution in [2.45, 2.75) is 0 Å². The quantitative estimate of drug-likeness (QED) is 0.315. The van der Waals surface area contributed by atoms with Gasteiger partial charge in [-0.1, -0.05) is 28.4 Å². The Kier molecular flexibility index (Phi) is 2.91. The van der Waals surface area contributed by atoms with Gasteiger partial charge in [0.15, 0.2) is 5.82 Å². The fourth-order valence-corrected chi connectivity index (χ4v) is 1.93. The van der Waals surface area contributed by atoms with Crippen molar-refractivity contribution >= 4 is 39.9 Å². The molecule has 0 amide bonds. The molecular weight excluding hydrogens is 267 g/mol. The first-order valence-corrected chi connectivity index (χ1v) is 5.15. The molecule has 0 bridgehead atoms. The largest absolute Gasteiger partial charge is 0.409 e. The molecule has 0 saturated carbocycles. The Balaban J connectivity index is 2.87. The van der Waals surface area contributed by atoms with Crippen LogP contribution in [0.25, 0.3) is 10.9 Å². The first-order chi connectivity index (χ1) is 8.02. The van der Waals surface area contributed by atoms with Gasteiger partial charge in [-0.15, -0.1) is 0 Å². The summed E-state index contributed by atoms with van der Waals surface area (Å²) < 4.78 is 0. The second-order valence-corrected chi connectivity index (χ2v) is 4.03. The summed E-state index contributed by atoms with van der Waals surface area (Å²) in [5.41, 5.74) is 5.12. The molecule has 0 radical (unpaired) electrons. The van der Waals surface area contributed by atoms with Gasteiger partial charge < -0.3 is 15.9 Å². The van der Waals surface area contributed by atoms with Crippen LogP contribution in [0, 0.1) is 0 Å². The zero-order valence-corrected chi connectivity index (χ0v) is 9.75. The van der Waals surface area contributed by atoms with Gasteiger partial charge in [-0.25, -0.2) is 4.98 Å². The number of amidine groups is 1. The van der Waals surface area contributed by atoms with Crippen LogP contribution in [-0.4, -0.2) is 21.0 Å². The number of hydrogen-bond donors (Lipinski definition) is 3. The highest BCUT2D eigenvalue weighted by Crippen LogP contribution is 2.23. The first-order valence-electron chi connectivity index (χ1n) is 4.40. The van der Waals surface area contributed by atoms with Crippen LogP contribution in [0.15, 0.2) is 22.1 Å². The maximum Gasteiger partial charge on any atom is 0.260 e. The van der Waals surface area contributed by atoms with Crippen LogP contribution in [0.5, 0.6) is 0 Å². The van der Waals surface area contributed by atoms with Crippen LogP contribution in [0.1, 0.15) is 5.82 Å². The van der Waals surface area contributed by atoms with Crippen LogP contribution in [-0.2, 0) is 0 Å². The number of nitrogens with one attached hydrogen (secondary N) is 1. The van der Waals surface area contributed by atoms with Crippen molar-refractivity contribution in [3.05, 3.63) is 38.4 Å². The summed E-state index contributed by atoms with van der Waals surface area (Å²) in [6, 6.07) is 2.90. The summed E-state index contributed by atoms with van der Waals surface area (Å²) in [5.74, 6) is -0.358. The number of benzene rings is 1. The van der Waals surface area contributed by atoms with Gasteiger partial charge >= 0.3 is 0 Å². The number of nitrogens with zero attached hydrogens (tertiary/aromatic N) is 2. The molecule has 0 aliphatic carbocycles. The maximum absolute atomic E-state index is 11.7. The third-order valence-corrected chi connectivity index (χ3v) is 2.59. The molecule has 0 aliphatic heterocycles. The van der Waals surface area contributed by atoms with Crippen molar-refractivity contribution in [1.29, 1.82) is 0 Å². The van der Waals surface area contributed by atoms with Gasteiger partial charge in [0.25, 0.3) is 5.56 Å². The monoisotopic (exact) mass is 272 g/mol.